The Hall–Kier alpha value is -4.97. The summed E-state index contributed by atoms with van der Waals surface area (Å²) < 4.78 is 16.9. The molecule has 0 fully saturated rings. The van der Waals surface area contributed by atoms with Crippen molar-refractivity contribution in [1.82, 2.24) is 0 Å². The molecule has 0 aliphatic carbocycles. The number of rotatable bonds is 58. The highest BCUT2D eigenvalue weighted by Gasteiger charge is 2.19. The minimum Gasteiger partial charge on any atom is -0.462 e. The van der Waals surface area contributed by atoms with Crippen molar-refractivity contribution >= 4 is 17.9 Å². The van der Waals surface area contributed by atoms with E-state index in [9.17, 15) is 14.4 Å². The zero-order chi connectivity index (χ0) is 58.5. The van der Waals surface area contributed by atoms with Crippen LogP contribution in [0.4, 0.5) is 0 Å². The normalized spacial score (nSPS) is 13.2. The molecule has 6 heteroatoms. The van der Waals surface area contributed by atoms with Crippen LogP contribution in [-0.4, -0.2) is 37.2 Å². The lowest BCUT2D eigenvalue weighted by Crippen LogP contribution is -2.30. The number of allylic oxidation sites excluding steroid dienone is 26. The van der Waals surface area contributed by atoms with Gasteiger partial charge in [0.1, 0.15) is 13.2 Å². The van der Waals surface area contributed by atoms with Crippen molar-refractivity contribution in [1.29, 1.82) is 0 Å². The summed E-state index contributed by atoms with van der Waals surface area (Å²) >= 11 is 0. The minimum atomic E-state index is -0.806. The van der Waals surface area contributed by atoms with Crippen LogP contribution in [0.5, 0.6) is 0 Å². The summed E-state index contributed by atoms with van der Waals surface area (Å²) in [7, 11) is 0. The van der Waals surface area contributed by atoms with Gasteiger partial charge in [0.15, 0.2) is 6.10 Å². The van der Waals surface area contributed by atoms with Crippen molar-refractivity contribution in [3.63, 3.8) is 0 Å². The van der Waals surface area contributed by atoms with Crippen LogP contribution in [0.25, 0.3) is 0 Å². The molecule has 6 nitrogen and oxygen atoms in total. The first-order valence-electron chi connectivity index (χ1n) is 33.0. The third-order valence-corrected chi connectivity index (χ3v) is 13.5. The van der Waals surface area contributed by atoms with Gasteiger partial charge in [-0.15, -0.1) is 0 Å². The van der Waals surface area contributed by atoms with Crippen LogP contribution in [0.15, 0.2) is 158 Å². The van der Waals surface area contributed by atoms with Crippen LogP contribution >= 0.6 is 0 Å². The monoisotopic (exact) mass is 1120 g/mol. The van der Waals surface area contributed by atoms with E-state index < -0.39 is 6.10 Å². The molecule has 0 aliphatic rings. The van der Waals surface area contributed by atoms with Crippen molar-refractivity contribution in [2.24, 2.45) is 0 Å². The van der Waals surface area contributed by atoms with Crippen molar-refractivity contribution in [3.8, 4) is 0 Å². The molecule has 0 bridgehead atoms. The highest BCUT2D eigenvalue weighted by atomic mass is 16.6. The Bertz CT molecular complexity index is 1810. The maximum absolute atomic E-state index is 12.9. The van der Waals surface area contributed by atoms with E-state index in [1.807, 2.05) is 0 Å². The standard InChI is InChI=1S/C75H120O6/c1-4-7-10-13-16-19-22-25-27-28-29-30-31-32-33-34-35-36-37-38-39-40-41-42-43-44-45-46-48-50-53-56-59-62-65-68-74(77)80-71-72(70-79-73(76)67-64-61-58-55-52-49-24-21-18-15-12-9-6-3)81-75(78)69-66-63-60-57-54-51-47-26-23-20-17-14-11-8-5-2/h7,9-10,12,16-21,25-27,29-30,32-33,35-36,38-39,41-42,47,49,52,72H,4-6,8,11,13-15,22-24,28,31,34,37,40,43-46,48,50-51,53-71H2,1-3H3/b10-7-,12-9-,19-16-,20-17-,21-18-,27-25-,30-29-,33-32-,36-35-,39-38-,42-41-,47-26-,52-49-. The van der Waals surface area contributed by atoms with Crippen LogP contribution < -0.4 is 0 Å². The summed E-state index contributed by atoms with van der Waals surface area (Å²) in [4.78, 5) is 38.3. The molecule has 0 aromatic heterocycles. The number of carbonyl (C=O) groups excluding carboxylic acids is 3. The summed E-state index contributed by atoms with van der Waals surface area (Å²) in [5.74, 6) is -0.950. The van der Waals surface area contributed by atoms with Gasteiger partial charge in [0.05, 0.1) is 0 Å². The van der Waals surface area contributed by atoms with Crippen molar-refractivity contribution in [2.45, 2.75) is 284 Å². The summed E-state index contributed by atoms with van der Waals surface area (Å²) in [5, 5.41) is 0. The van der Waals surface area contributed by atoms with Crippen molar-refractivity contribution in [3.05, 3.63) is 158 Å². The summed E-state index contributed by atoms with van der Waals surface area (Å²) in [5.41, 5.74) is 0. The number of hydrogen-bond donors (Lipinski definition) is 0. The summed E-state index contributed by atoms with van der Waals surface area (Å²) in [6.07, 6.45) is 98.3. The average molecular weight is 1120 g/mol. The average Bonchev–Trinajstić information content (AvgIpc) is 3.46. The number of unbranched alkanes of at least 4 members (excludes halogenated alkanes) is 21. The first-order chi connectivity index (χ1) is 40.0. The van der Waals surface area contributed by atoms with E-state index in [0.29, 0.717) is 19.3 Å². The Morgan fingerprint density at radius 2 is 0.481 bits per heavy atom. The number of hydrogen-bond acceptors (Lipinski definition) is 6. The van der Waals surface area contributed by atoms with E-state index in [4.69, 9.17) is 14.2 Å². The van der Waals surface area contributed by atoms with Crippen molar-refractivity contribution in [2.75, 3.05) is 13.2 Å². The Labute approximate surface area is 499 Å². The lowest BCUT2D eigenvalue weighted by molar-refractivity contribution is -0.167. The molecule has 1 unspecified atom stereocenters. The first kappa shape index (κ1) is 76.0. The Kier molecular flexibility index (Phi) is 63.4. The highest BCUT2D eigenvalue weighted by molar-refractivity contribution is 5.71. The molecule has 0 saturated heterocycles. The predicted octanol–water partition coefficient (Wildman–Crippen LogP) is 22.9. The second-order valence-electron chi connectivity index (χ2n) is 21.3. The van der Waals surface area contributed by atoms with Crippen LogP contribution in [-0.2, 0) is 28.6 Å². The molecule has 0 heterocycles. The molecule has 0 rings (SSSR count). The molecule has 0 aliphatic heterocycles. The third kappa shape index (κ3) is 65.7. The molecular formula is C75H120O6. The maximum atomic E-state index is 12.9. The molecule has 0 radical (unpaired) electrons. The molecule has 0 aromatic carbocycles. The largest absolute Gasteiger partial charge is 0.462 e. The Morgan fingerprint density at radius 1 is 0.259 bits per heavy atom. The molecule has 81 heavy (non-hydrogen) atoms. The van der Waals surface area contributed by atoms with E-state index in [0.717, 1.165) is 167 Å². The zero-order valence-electron chi connectivity index (χ0n) is 52.2. The van der Waals surface area contributed by atoms with Crippen LogP contribution in [0.2, 0.25) is 0 Å². The van der Waals surface area contributed by atoms with Crippen molar-refractivity contribution < 1.29 is 28.6 Å². The smallest absolute Gasteiger partial charge is 0.306 e. The number of carbonyl (C=O) groups is 3. The molecule has 1 atom stereocenters. The number of ether oxygens (including phenoxy) is 3. The van der Waals surface area contributed by atoms with Gasteiger partial charge in [-0.1, -0.05) is 269 Å². The van der Waals surface area contributed by atoms with Crippen LogP contribution in [0.3, 0.4) is 0 Å². The maximum Gasteiger partial charge on any atom is 0.306 e. The van der Waals surface area contributed by atoms with E-state index >= 15 is 0 Å². The molecule has 456 valence electrons. The topological polar surface area (TPSA) is 78.9 Å². The van der Waals surface area contributed by atoms with Gasteiger partial charge in [-0.05, 0) is 148 Å². The van der Waals surface area contributed by atoms with E-state index in [1.165, 1.54) is 70.6 Å². The second kappa shape index (κ2) is 67.5. The lowest BCUT2D eigenvalue weighted by Gasteiger charge is -2.18. The first-order valence-corrected chi connectivity index (χ1v) is 33.0. The number of esters is 3. The van der Waals surface area contributed by atoms with Gasteiger partial charge in [0.2, 0.25) is 0 Å². The minimum absolute atomic E-state index is 0.100. The van der Waals surface area contributed by atoms with Gasteiger partial charge in [0, 0.05) is 19.3 Å². The van der Waals surface area contributed by atoms with Gasteiger partial charge in [-0.3, -0.25) is 14.4 Å². The molecule has 0 saturated carbocycles. The Morgan fingerprint density at radius 3 is 0.765 bits per heavy atom. The lowest BCUT2D eigenvalue weighted by atomic mass is 10.1. The van der Waals surface area contributed by atoms with E-state index in [2.05, 4.69) is 179 Å². The molecule has 0 N–H and O–H groups in total. The van der Waals surface area contributed by atoms with Gasteiger partial charge < -0.3 is 14.2 Å². The predicted molar refractivity (Wildman–Crippen MR) is 352 cm³/mol. The Balaban J connectivity index is 4.26. The van der Waals surface area contributed by atoms with Crippen LogP contribution in [0, 0.1) is 0 Å². The molecule has 0 amide bonds. The fourth-order valence-electron chi connectivity index (χ4n) is 8.62. The molecular weight excluding hydrogens is 997 g/mol. The van der Waals surface area contributed by atoms with Crippen LogP contribution in [0.1, 0.15) is 278 Å². The summed E-state index contributed by atoms with van der Waals surface area (Å²) in [6.45, 7) is 6.34. The van der Waals surface area contributed by atoms with Gasteiger partial charge in [0.25, 0.3) is 0 Å². The van der Waals surface area contributed by atoms with Gasteiger partial charge in [-0.2, -0.15) is 0 Å². The fraction of sp³-hybridized carbons (Fsp3) is 0.613. The third-order valence-electron chi connectivity index (χ3n) is 13.5. The fourth-order valence-corrected chi connectivity index (χ4v) is 8.62. The van der Waals surface area contributed by atoms with E-state index in [-0.39, 0.29) is 31.1 Å². The summed E-state index contributed by atoms with van der Waals surface area (Å²) in [6, 6.07) is 0. The second-order valence-corrected chi connectivity index (χ2v) is 21.3. The quantitative estimate of drug-likeness (QED) is 0.0261. The van der Waals surface area contributed by atoms with Gasteiger partial charge in [-0.25, -0.2) is 0 Å². The highest BCUT2D eigenvalue weighted by Crippen LogP contribution is 2.15. The SMILES string of the molecule is CC/C=C\C/C=C\C/C=C\C/C=C\C/C=C\C/C=C\C/C=C\C/C=C\CCCCCCCCCCCCC(=O)OCC(COC(=O)CCCCC/C=C\C/C=C\C/C=C\CC)OC(=O)CCCCCCC/C=C\C/C=C\CCCCC. The molecule has 0 aromatic rings. The zero-order valence-corrected chi connectivity index (χ0v) is 52.2. The van der Waals surface area contributed by atoms with Gasteiger partial charge >= 0.3 is 17.9 Å². The molecule has 0 spiro atoms. The van der Waals surface area contributed by atoms with E-state index in [1.54, 1.807) is 0 Å².